The average Bonchev–Trinajstić information content (AvgIpc) is 3.69. The van der Waals surface area contributed by atoms with Crippen LogP contribution in [0.4, 0.5) is 17.6 Å². The van der Waals surface area contributed by atoms with Crippen molar-refractivity contribution in [3.05, 3.63) is 82.6 Å². The van der Waals surface area contributed by atoms with Gasteiger partial charge in [-0.05, 0) is 47.5 Å². The van der Waals surface area contributed by atoms with E-state index in [1.807, 2.05) is 31.2 Å². The molecule has 4 aromatic rings. The maximum Gasteiger partial charge on any atom is 0.586 e. The van der Waals surface area contributed by atoms with E-state index in [0.717, 1.165) is 11.1 Å². The molecular formula is C30H27F4N5O6. The van der Waals surface area contributed by atoms with Crippen molar-refractivity contribution in [2.24, 2.45) is 5.92 Å². The molecule has 1 fully saturated rings. The summed E-state index contributed by atoms with van der Waals surface area (Å²) in [5.41, 5.74) is -0.00882. The summed E-state index contributed by atoms with van der Waals surface area (Å²) in [4.78, 5) is 1.48. The van der Waals surface area contributed by atoms with Crippen LogP contribution >= 0.6 is 0 Å². The largest absolute Gasteiger partial charge is 0.633 e. The van der Waals surface area contributed by atoms with Gasteiger partial charge in [-0.1, -0.05) is 36.4 Å². The zero-order chi connectivity index (χ0) is 31.6. The molecule has 0 bridgehead atoms. The van der Waals surface area contributed by atoms with Crippen molar-refractivity contribution in [2.75, 3.05) is 13.1 Å². The second-order valence-electron chi connectivity index (χ2n) is 11.4. The Labute approximate surface area is 253 Å². The van der Waals surface area contributed by atoms with Crippen LogP contribution in [0.1, 0.15) is 36.5 Å². The first-order valence-corrected chi connectivity index (χ1v) is 14.3. The fourth-order valence-corrected chi connectivity index (χ4v) is 6.21. The van der Waals surface area contributed by atoms with Crippen LogP contribution in [0.15, 0.2) is 60.7 Å². The number of nitrogens with zero attached hydrogens (tertiary/aromatic N) is 5. The summed E-state index contributed by atoms with van der Waals surface area (Å²) in [6.07, 6.45) is -7.29. The number of halogens is 4. The molecule has 3 aliphatic rings. The number of hydrogen-bond donors (Lipinski definition) is 1. The zero-order valence-corrected chi connectivity index (χ0v) is 23.8. The number of quaternary nitrogens is 1. The Kier molecular flexibility index (Phi) is 6.69. The third kappa shape index (κ3) is 5.40. The SMILES string of the molecule is CCn1nnc(-c2ccc(C[N+]3([O-])CCC(C(O)(c4ccc5c(c4)OC(F)(F)O5)c4ccc5c(c4)OC(F)(F)O5)CC3)cc2)n1. The van der Waals surface area contributed by atoms with Crippen molar-refractivity contribution in [1.82, 2.24) is 20.2 Å². The van der Waals surface area contributed by atoms with Crippen LogP contribution in [0.5, 0.6) is 23.0 Å². The molecule has 1 aromatic heterocycles. The highest BCUT2D eigenvalue weighted by Gasteiger charge is 2.49. The summed E-state index contributed by atoms with van der Waals surface area (Å²) in [7, 11) is 0. The molecule has 0 spiro atoms. The zero-order valence-electron chi connectivity index (χ0n) is 23.8. The molecule has 1 N–H and O–H groups in total. The Morgan fingerprint density at radius 3 is 1.91 bits per heavy atom. The number of aromatic nitrogens is 4. The van der Waals surface area contributed by atoms with Gasteiger partial charge in [-0.15, -0.1) is 27.8 Å². The number of aliphatic hydroxyl groups is 1. The van der Waals surface area contributed by atoms with Crippen molar-refractivity contribution >= 4 is 0 Å². The van der Waals surface area contributed by atoms with E-state index in [1.165, 1.54) is 41.2 Å². The van der Waals surface area contributed by atoms with E-state index in [1.54, 1.807) is 0 Å². The summed E-state index contributed by atoms with van der Waals surface area (Å²) in [6, 6.07) is 15.1. The highest BCUT2D eigenvalue weighted by Crippen LogP contribution is 2.50. The number of tetrazole rings is 1. The summed E-state index contributed by atoms with van der Waals surface area (Å²) >= 11 is 0. The Bertz CT molecular complexity index is 1680. The summed E-state index contributed by atoms with van der Waals surface area (Å²) in [5.74, 6) is -1.13. The molecule has 3 aliphatic heterocycles. The quantitative estimate of drug-likeness (QED) is 0.168. The average molecular weight is 630 g/mol. The molecule has 11 nitrogen and oxygen atoms in total. The highest BCUT2D eigenvalue weighted by molar-refractivity contribution is 5.54. The highest BCUT2D eigenvalue weighted by atomic mass is 19.3. The van der Waals surface area contributed by atoms with Gasteiger partial charge in [0.1, 0.15) is 12.1 Å². The fraction of sp³-hybridized carbons (Fsp3) is 0.367. The first-order valence-electron chi connectivity index (χ1n) is 14.3. The number of benzene rings is 3. The van der Waals surface area contributed by atoms with Crippen LogP contribution in [0.25, 0.3) is 11.4 Å². The van der Waals surface area contributed by atoms with Crippen LogP contribution in [0.3, 0.4) is 0 Å². The van der Waals surface area contributed by atoms with Gasteiger partial charge in [-0.3, -0.25) is 0 Å². The Hall–Kier alpha value is -4.47. The number of rotatable bonds is 7. The van der Waals surface area contributed by atoms with Crippen LogP contribution in [0, 0.1) is 11.1 Å². The fourth-order valence-electron chi connectivity index (χ4n) is 6.21. The Balaban J connectivity index is 1.14. The molecule has 0 atom stereocenters. The van der Waals surface area contributed by atoms with Gasteiger partial charge in [0.15, 0.2) is 23.0 Å². The van der Waals surface area contributed by atoms with Gasteiger partial charge in [-0.2, -0.15) is 4.80 Å². The molecule has 7 rings (SSSR count). The number of aryl methyl sites for hydroxylation is 1. The van der Waals surface area contributed by atoms with E-state index >= 15 is 0 Å². The second-order valence-corrected chi connectivity index (χ2v) is 11.4. The number of fused-ring (bicyclic) bond motifs is 2. The molecule has 0 unspecified atom stereocenters. The minimum Gasteiger partial charge on any atom is -0.633 e. The lowest BCUT2D eigenvalue weighted by molar-refractivity contribution is -0.900. The molecule has 3 aromatic carbocycles. The molecule has 0 saturated carbocycles. The minimum atomic E-state index is -3.88. The smallest absolute Gasteiger partial charge is 0.586 e. The predicted octanol–water partition coefficient (Wildman–Crippen LogP) is 5.16. The Morgan fingerprint density at radius 2 is 1.40 bits per heavy atom. The van der Waals surface area contributed by atoms with Gasteiger partial charge in [0, 0.05) is 29.9 Å². The third-order valence-corrected chi connectivity index (χ3v) is 8.46. The summed E-state index contributed by atoms with van der Waals surface area (Å²) in [5, 5.41) is 38.6. The normalized spacial score (nSPS) is 22.9. The van der Waals surface area contributed by atoms with Gasteiger partial charge in [-0.25, -0.2) is 0 Å². The van der Waals surface area contributed by atoms with Crippen LogP contribution in [0.2, 0.25) is 0 Å². The van der Waals surface area contributed by atoms with Crippen molar-refractivity contribution in [1.29, 1.82) is 0 Å². The van der Waals surface area contributed by atoms with Crippen LogP contribution in [-0.2, 0) is 18.7 Å². The van der Waals surface area contributed by atoms with E-state index < -0.39 is 28.8 Å². The lowest BCUT2D eigenvalue weighted by Gasteiger charge is -2.50. The predicted molar refractivity (Wildman–Crippen MR) is 147 cm³/mol. The molecule has 1 saturated heterocycles. The molecule has 4 heterocycles. The van der Waals surface area contributed by atoms with Crippen LogP contribution < -0.4 is 18.9 Å². The van der Waals surface area contributed by atoms with Crippen molar-refractivity contribution < 1.29 is 46.3 Å². The first-order chi connectivity index (χ1) is 21.3. The summed E-state index contributed by atoms with van der Waals surface area (Å²) in [6.45, 7) is 2.94. The van der Waals surface area contributed by atoms with Crippen molar-refractivity contribution in [3.63, 3.8) is 0 Å². The molecule has 45 heavy (non-hydrogen) atoms. The molecule has 0 aliphatic carbocycles. The number of hydrogen-bond acceptors (Lipinski definition) is 9. The third-order valence-electron chi connectivity index (χ3n) is 8.46. The maximum absolute atomic E-state index is 13.9. The standard InChI is InChI=1S/C30H27F4N5O6/c1-2-38-36-27(35-37-38)19-5-3-18(4-6-19)17-39(41)13-11-20(12-14-39)28(40,21-7-9-23-25(15-21)44-29(31,32)42-23)22-8-10-24-26(16-22)45-30(33,34)43-24/h3-10,15-16,20,40H,2,11-14,17H2,1H3. The second kappa shape index (κ2) is 10.3. The van der Waals surface area contributed by atoms with Gasteiger partial charge in [0.25, 0.3) is 0 Å². The van der Waals surface area contributed by atoms with Crippen LogP contribution in [-0.4, -0.2) is 55.6 Å². The van der Waals surface area contributed by atoms with E-state index in [4.69, 9.17) is 0 Å². The maximum atomic E-state index is 13.9. The topological polar surface area (TPSA) is 124 Å². The van der Waals surface area contributed by atoms with E-state index in [2.05, 4.69) is 34.4 Å². The van der Waals surface area contributed by atoms with Gasteiger partial charge in [0.05, 0.1) is 19.6 Å². The van der Waals surface area contributed by atoms with E-state index in [-0.39, 0.29) is 66.6 Å². The van der Waals surface area contributed by atoms with Gasteiger partial charge in [0.2, 0.25) is 5.82 Å². The van der Waals surface area contributed by atoms with Gasteiger partial charge >= 0.3 is 12.6 Å². The molecule has 15 heteroatoms. The van der Waals surface area contributed by atoms with Gasteiger partial charge < -0.3 is 33.9 Å². The molecule has 236 valence electrons. The first kappa shape index (κ1) is 29.3. The number of piperidine rings is 1. The molecular weight excluding hydrogens is 602 g/mol. The number of alkyl halides is 4. The minimum absolute atomic E-state index is 0.131. The summed E-state index contributed by atoms with van der Waals surface area (Å²) < 4.78 is 72.9. The lowest BCUT2D eigenvalue weighted by atomic mass is 9.71. The molecule has 0 radical (unpaired) electrons. The monoisotopic (exact) mass is 629 g/mol. The Morgan fingerprint density at radius 1 is 0.867 bits per heavy atom. The van der Waals surface area contributed by atoms with E-state index in [9.17, 15) is 27.9 Å². The number of likely N-dealkylation sites (tertiary alicyclic amines) is 1. The van der Waals surface area contributed by atoms with Crippen molar-refractivity contribution in [3.8, 4) is 34.4 Å². The van der Waals surface area contributed by atoms with Crippen molar-refractivity contribution in [2.45, 2.75) is 51.0 Å². The number of hydroxylamine groups is 3. The van der Waals surface area contributed by atoms with E-state index in [0.29, 0.717) is 12.4 Å². The number of ether oxygens (including phenoxy) is 4. The lowest BCUT2D eigenvalue weighted by Crippen LogP contribution is -2.51. The molecule has 0 amide bonds.